The third kappa shape index (κ3) is 3.68. The largest absolute Gasteiger partial charge is 0.486 e. The number of carbonyl (C=O) groups excluding carboxylic acids is 1. The number of aromatic nitrogens is 2. The third-order valence-electron chi connectivity index (χ3n) is 4.01. The van der Waals surface area contributed by atoms with Crippen LogP contribution >= 0.6 is 0 Å². The quantitative estimate of drug-likeness (QED) is 0.723. The van der Waals surface area contributed by atoms with E-state index in [1.807, 2.05) is 0 Å². The van der Waals surface area contributed by atoms with Crippen LogP contribution in [0.5, 0.6) is 11.5 Å². The maximum atomic E-state index is 12.4. The summed E-state index contributed by atoms with van der Waals surface area (Å²) in [5.74, 6) is 1.19. The highest BCUT2D eigenvalue weighted by molar-refractivity contribution is 6.04. The number of amides is 1. The van der Waals surface area contributed by atoms with Crippen molar-refractivity contribution in [2.45, 2.75) is 0 Å². The van der Waals surface area contributed by atoms with Gasteiger partial charge in [0, 0.05) is 24.1 Å². The summed E-state index contributed by atoms with van der Waals surface area (Å²) in [5.41, 5.74) is 1.96. The molecule has 1 aromatic heterocycles. The zero-order valence-electron chi connectivity index (χ0n) is 14.7. The van der Waals surface area contributed by atoms with Crippen LogP contribution in [0.2, 0.25) is 0 Å². The molecule has 8 nitrogen and oxygen atoms in total. The van der Waals surface area contributed by atoms with Gasteiger partial charge in [-0.3, -0.25) is 4.79 Å². The zero-order valence-corrected chi connectivity index (χ0v) is 14.7. The Morgan fingerprint density at radius 3 is 2.57 bits per heavy atom. The number of nitriles is 1. The van der Waals surface area contributed by atoms with Gasteiger partial charge in [-0.25, -0.2) is 9.97 Å². The van der Waals surface area contributed by atoms with Gasteiger partial charge in [-0.2, -0.15) is 5.26 Å². The number of fused-ring (bicyclic) bond motifs is 1. The van der Waals surface area contributed by atoms with Crippen LogP contribution in [0.4, 0.5) is 17.3 Å². The van der Waals surface area contributed by atoms with Crippen molar-refractivity contribution in [2.24, 2.45) is 0 Å². The summed E-state index contributed by atoms with van der Waals surface area (Å²) >= 11 is 0. The van der Waals surface area contributed by atoms with Crippen molar-refractivity contribution in [1.82, 2.24) is 9.97 Å². The first-order valence-electron chi connectivity index (χ1n) is 8.52. The summed E-state index contributed by atoms with van der Waals surface area (Å²) in [6.45, 7) is 0.983. The summed E-state index contributed by atoms with van der Waals surface area (Å²) < 4.78 is 11.0. The van der Waals surface area contributed by atoms with Crippen LogP contribution in [0.15, 0.2) is 54.9 Å². The smallest absolute Gasteiger partial charge is 0.258 e. The lowest BCUT2D eigenvalue weighted by Gasteiger charge is -2.19. The molecule has 2 aromatic carbocycles. The molecule has 1 amide bonds. The maximum Gasteiger partial charge on any atom is 0.258 e. The normalized spacial score (nSPS) is 12.0. The van der Waals surface area contributed by atoms with Crippen molar-refractivity contribution < 1.29 is 14.3 Å². The molecule has 0 spiro atoms. The van der Waals surface area contributed by atoms with Crippen molar-refractivity contribution in [3.63, 3.8) is 0 Å². The molecule has 0 atom stereocenters. The van der Waals surface area contributed by atoms with Crippen molar-refractivity contribution in [1.29, 1.82) is 5.26 Å². The topological polar surface area (TPSA) is 109 Å². The zero-order chi connectivity index (χ0) is 19.3. The Hall–Kier alpha value is -4.12. The number of carbonyl (C=O) groups is 1. The molecule has 138 valence electrons. The molecule has 0 saturated heterocycles. The Labute approximate surface area is 160 Å². The van der Waals surface area contributed by atoms with E-state index in [-0.39, 0.29) is 5.91 Å². The minimum atomic E-state index is -0.347. The predicted molar refractivity (Wildman–Crippen MR) is 102 cm³/mol. The maximum absolute atomic E-state index is 12.4. The van der Waals surface area contributed by atoms with Crippen molar-refractivity contribution in [3.8, 4) is 17.6 Å². The van der Waals surface area contributed by atoms with Crippen molar-refractivity contribution in [3.05, 3.63) is 66.0 Å². The molecule has 8 heteroatoms. The molecule has 0 fully saturated rings. The monoisotopic (exact) mass is 373 g/mol. The van der Waals surface area contributed by atoms with Gasteiger partial charge in [-0.1, -0.05) is 12.1 Å². The number of rotatable bonds is 4. The van der Waals surface area contributed by atoms with Crippen molar-refractivity contribution in [2.75, 3.05) is 23.8 Å². The number of hydrogen-bond donors (Lipinski definition) is 2. The second kappa shape index (κ2) is 7.63. The van der Waals surface area contributed by atoms with E-state index >= 15 is 0 Å². The van der Waals surface area contributed by atoms with Gasteiger partial charge in [-0.15, -0.1) is 0 Å². The Morgan fingerprint density at radius 2 is 1.79 bits per heavy atom. The number of nitrogens with one attached hydrogen (secondary N) is 2. The van der Waals surface area contributed by atoms with Crippen LogP contribution < -0.4 is 20.1 Å². The molecule has 0 unspecified atom stereocenters. The van der Waals surface area contributed by atoms with Crippen LogP contribution in [0.1, 0.15) is 15.9 Å². The van der Waals surface area contributed by atoms with E-state index in [0.717, 1.165) is 0 Å². The Kier molecular flexibility index (Phi) is 4.72. The summed E-state index contributed by atoms with van der Waals surface area (Å²) in [6.07, 6.45) is 2.83. The molecule has 0 radical (unpaired) electrons. The fourth-order valence-electron chi connectivity index (χ4n) is 2.64. The predicted octanol–water partition coefficient (Wildman–Crippen LogP) is 3.12. The summed E-state index contributed by atoms with van der Waals surface area (Å²) in [4.78, 5) is 20.7. The highest BCUT2D eigenvalue weighted by Gasteiger charge is 2.14. The lowest BCUT2D eigenvalue weighted by atomic mass is 10.2. The molecule has 28 heavy (non-hydrogen) atoms. The van der Waals surface area contributed by atoms with E-state index in [9.17, 15) is 4.79 Å². The van der Waals surface area contributed by atoms with E-state index in [4.69, 9.17) is 14.7 Å². The minimum Gasteiger partial charge on any atom is -0.486 e. The molecular formula is C20H15N5O3. The lowest BCUT2D eigenvalue weighted by Crippen LogP contribution is -2.16. The highest BCUT2D eigenvalue weighted by atomic mass is 16.6. The van der Waals surface area contributed by atoms with Gasteiger partial charge in [-0.05, 0) is 24.3 Å². The Bertz CT molecular complexity index is 1060. The first-order valence-corrected chi connectivity index (χ1v) is 8.52. The lowest BCUT2D eigenvalue weighted by molar-refractivity contribution is 0.102. The highest BCUT2D eigenvalue weighted by Crippen LogP contribution is 2.32. The van der Waals surface area contributed by atoms with Gasteiger partial charge in [0.05, 0.1) is 16.8 Å². The van der Waals surface area contributed by atoms with Gasteiger partial charge in [0.25, 0.3) is 5.91 Å². The number of para-hydroxylation sites is 1. The summed E-state index contributed by atoms with van der Waals surface area (Å²) in [6, 6.07) is 14.3. The Balaban J connectivity index is 1.45. The standard InChI is InChI=1S/C20H15N5O3/c21-10-13-3-1-2-4-16(13)25-20-22-11-14(12-23-20)19(26)24-15-5-6-17-18(9-15)28-8-7-27-17/h1-6,9,11-12H,7-8H2,(H,24,26)(H,22,23,25). The number of ether oxygens (including phenoxy) is 2. The van der Waals surface area contributed by atoms with E-state index in [0.29, 0.717) is 53.2 Å². The van der Waals surface area contributed by atoms with Crippen LogP contribution in [0.3, 0.4) is 0 Å². The number of benzene rings is 2. The number of nitrogens with zero attached hydrogens (tertiary/aromatic N) is 3. The van der Waals surface area contributed by atoms with Gasteiger partial charge in [0.1, 0.15) is 19.3 Å². The second-order valence-electron chi connectivity index (χ2n) is 5.89. The average molecular weight is 373 g/mol. The molecule has 0 bridgehead atoms. The summed E-state index contributed by atoms with van der Waals surface area (Å²) in [5, 5.41) is 14.9. The fraction of sp³-hybridized carbons (Fsp3) is 0.100. The minimum absolute atomic E-state index is 0.290. The summed E-state index contributed by atoms with van der Waals surface area (Å²) in [7, 11) is 0. The molecular weight excluding hydrogens is 358 g/mol. The van der Waals surface area contributed by atoms with Crippen molar-refractivity contribution >= 4 is 23.2 Å². The molecule has 0 saturated carbocycles. The first kappa shape index (κ1) is 17.3. The van der Waals surface area contributed by atoms with Gasteiger partial charge in [0.2, 0.25) is 5.95 Å². The van der Waals surface area contributed by atoms with Crippen LogP contribution in [-0.2, 0) is 0 Å². The molecule has 1 aliphatic heterocycles. The number of hydrogen-bond acceptors (Lipinski definition) is 7. The van der Waals surface area contributed by atoms with Crippen LogP contribution in [0.25, 0.3) is 0 Å². The molecule has 4 rings (SSSR count). The second-order valence-corrected chi connectivity index (χ2v) is 5.89. The van der Waals surface area contributed by atoms with E-state index in [1.165, 1.54) is 12.4 Å². The molecule has 0 aliphatic carbocycles. The fourth-order valence-corrected chi connectivity index (χ4v) is 2.64. The first-order chi connectivity index (χ1) is 13.7. The van der Waals surface area contributed by atoms with E-state index < -0.39 is 0 Å². The third-order valence-corrected chi connectivity index (χ3v) is 4.01. The Morgan fingerprint density at radius 1 is 1.04 bits per heavy atom. The van der Waals surface area contributed by atoms with Gasteiger partial charge >= 0.3 is 0 Å². The van der Waals surface area contributed by atoms with Crippen LogP contribution in [-0.4, -0.2) is 29.1 Å². The molecule has 3 aromatic rings. The van der Waals surface area contributed by atoms with Crippen LogP contribution in [0, 0.1) is 11.3 Å². The van der Waals surface area contributed by atoms with E-state index in [2.05, 4.69) is 26.7 Å². The van der Waals surface area contributed by atoms with Gasteiger partial charge < -0.3 is 20.1 Å². The molecule has 2 N–H and O–H groups in total. The van der Waals surface area contributed by atoms with Gasteiger partial charge in [0.15, 0.2) is 11.5 Å². The number of anilines is 3. The molecule has 1 aliphatic rings. The average Bonchev–Trinajstić information content (AvgIpc) is 2.74. The molecule has 2 heterocycles. The SMILES string of the molecule is N#Cc1ccccc1Nc1ncc(C(=O)Nc2ccc3c(c2)OCCO3)cn1. The van der Waals surface area contributed by atoms with E-state index in [1.54, 1.807) is 42.5 Å².